The SMILES string of the molecule is CCc1nnc(NS(=O)(=O)c2ccccc2C)s1. The van der Waals surface area contributed by atoms with Crippen LogP contribution in [0.2, 0.25) is 0 Å². The summed E-state index contributed by atoms with van der Waals surface area (Å²) >= 11 is 1.25. The zero-order valence-electron chi connectivity index (χ0n) is 10.0. The van der Waals surface area contributed by atoms with Crippen LogP contribution in [0.4, 0.5) is 5.13 Å². The van der Waals surface area contributed by atoms with Gasteiger partial charge in [-0.25, -0.2) is 8.42 Å². The molecule has 1 heterocycles. The van der Waals surface area contributed by atoms with Crippen molar-refractivity contribution in [1.29, 1.82) is 0 Å². The van der Waals surface area contributed by atoms with Gasteiger partial charge in [-0.05, 0) is 25.0 Å². The molecule has 7 heteroatoms. The monoisotopic (exact) mass is 283 g/mol. The van der Waals surface area contributed by atoms with Crippen molar-refractivity contribution in [3.63, 3.8) is 0 Å². The summed E-state index contributed by atoms with van der Waals surface area (Å²) in [5.74, 6) is 0. The van der Waals surface area contributed by atoms with Gasteiger partial charge >= 0.3 is 0 Å². The molecule has 0 saturated carbocycles. The van der Waals surface area contributed by atoms with Crippen LogP contribution in [0, 0.1) is 6.92 Å². The zero-order valence-corrected chi connectivity index (χ0v) is 11.7. The highest BCUT2D eigenvalue weighted by molar-refractivity contribution is 7.93. The molecule has 2 rings (SSSR count). The van der Waals surface area contributed by atoms with Gasteiger partial charge in [0.05, 0.1) is 4.90 Å². The standard InChI is InChI=1S/C11H13N3O2S2/c1-3-10-12-13-11(17-10)14-18(15,16)9-7-5-4-6-8(9)2/h4-7H,3H2,1-2H3,(H,13,14). The molecule has 0 unspecified atom stereocenters. The smallest absolute Gasteiger partial charge is 0.253 e. The Bertz CT molecular complexity index is 650. The molecule has 0 aliphatic carbocycles. The molecule has 0 aliphatic rings. The van der Waals surface area contributed by atoms with E-state index >= 15 is 0 Å². The first kappa shape index (κ1) is 13.0. The molecule has 1 N–H and O–H groups in total. The quantitative estimate of drug-likeness (QED) is 0.933. The van der Waals surface area contributed by atoms with E-state index in [-0.39, 0.29) is 4.90 Å². The third-order valence-corrected chi connectivity index (χ3v) is 4.99. The summed E-state index contributed by atoms with van der Waals surface area (Å²) in [6.45, 7) is 3.70. The first-order valence-corrected chi connectivity index (χ1v) is 7.73. The van der Waals surface area contributed by atoms with Crippen molar-refractivity contribution < 1.29 is 8.42 Å². The molecule has 18 heavy (non-hydrogen) atoms. The fourth-order valence-electron chi connectivity index (χ4n) is 1.47. The summed E-state index contributed by atoms with van der Waals surface area (Å²) in [5, 5.41) is 8.79. The number of sulfonamides is 1. The molecule has 1 aromatic heterocycles. The molecule has 5 nitrogen and oxygen atoms in total. The lowest BCUT2D eigenvalue weighted by molar-refractivity contribution is 0.600. The maximum Gasteiger partial charge on any atom is 0.263 e. The first-order valence-electron chi connectivity index (χ1n) is 5.44. The van der Waals surface area contributed by atoms with Gasteiger partial charge in [0.1, 0.15) is 5.01 Å². The van der Waals surface area contributed by atoms with Crippen molar-refractivity contribution >= 4 is 26.5 Å². The molecule has 2 aromatic rings. The third-order valence-electron chi connectivity index (χ3n) is 2.37. The van der Waals surface area contributed by atoms with Crippen LogP contribution in [0.3, 0.4) is 0 Å². The van der Waals surface area contributed by atoms with Gasteiger partial charge in [-0.1, -0.05) is 36.5 Å². The van der Waals surface area contributed by atoms with Crippen molar-refractivity contribution in [2.45, 2.75) is 25.2 Å². The van der Waals surface area contributed by atoms with E-state index in [4.69, 9.17) is 0 Å². The highest BCUT2D eigenvalue weighted by Gasteiger charge is 2.18. The van der Waals surface area contributed by atoms with Gasteiger partial charge in [0, 0.05) is 0 Å². The number of nitrogens with zero attached hydrogens (tertiary/aromatic N) is 2. The number of aromatic nitrogens is 2. The van der Waals surface area contributed by atoms with E-state index in [1.54, 1.807) is 31.2 Å². The van der Waals surface area contributed by atoms with Crippen LogP contribution in [0.5, 0.6) is 0 Å². The topological polar surface area (TPSA) is 72.0 Å². The van der Waals surface area contributed by atoms with E-state index in [9.17, 15) is 8.42 Å². The van der Waals surface area contributed by atoms with E-state index in [1.165, 1.54) is 11.3 Å². The average Bonchev–Trinajstić information content (AvgIpc) is 2.76. The second-order valence-corrected chi connectivity index (χ2v) is 6.44. The lowest BCUT2D eigenvalue weighted by Crippen LogP contribution is -2.13. The Balaban J connectivity index is 2.30. The van der Waals surface area contributed by atoms with Crippen molar-refractivity contribution in [3.05, 3.63) is 34.8 Å². The summed E-state index contributed by atoms with van der Waals surface area (Å²) in [4.78, 5) is 0.262. The lowest BCUT2D eigenvalue weighted by atomic mass is 10.2. The van der Waals surface area contributed by atoms with Crippen molar-refractivity contribution in [2.75, 3.05) is 4.72 Å². The van der Waals surface area contributed by atoms with Crippen LogP contribution in [0.15, 0.2) is 29.2 Å². The molecular formula is C11H13N3O2S2. The first-order chi connectivity index (χ1) is 8.53. The largest absolute Gasteiger partial charge is 0.263 e. The minimum atomic E-state index is -3.58. The number of nitrogens with one attached hydrogen (secondary N) is 1. The minimum absolute atomic E-state index is 0.262. The van der Waals surface area contributed by atoms with Gasteiger partial charge < -0.3 is 0 Å². The third kappa shape index (κ3) is 2.68. The number of anilines is 1. The Kier molecular flexibility index (Phi) is 3.63. The van der Waals surface area contributed by atoms with Gasteiger partial charge in [-0.3, -0.25) is 4.72 Å². The van der Waals surface area contributed by atoms with E-state index < -0.39 is 10.0 Å². The fraction of sp³-hybridized carbons (Fsp3) is 0.273. The summed E-state index contributed by atoms with van der Waals surface area (Å²) in [6, 6.07) is 6.82. The van der Waals surface area contributed by atoms with Crippen LogP contribution in [-0.2, 0) is 16.4 Å². The maximum atomic E-state index is 12.1. The molecule has 0 aliphatic heterocycles. The average molecular weight is 283 g/mol. The number of rotatable bonds is 4. The lowest BCUT2D eigenvalue weighted by Gasteiger charge is -2.06. The summed E-state index contributed by atoms with van der Waals surface area (Å²) in [7, 11) is -3.58. The summed E-state index contributed by atoms with van der Waals surface area (Å²) in [5.41, 5.74) is 0.699. The molecule has 1 aromatic carbocycles. The zero-order chi connectivity index (χ0) is 13.2. The van der Waals surface area contributed by atoms with Crippen LogP contribution < -0.4 is 4.72 Å². The molecule has 0 spiro atoms. The molecule has 0 amide bonds. The predicted octanol–water partition coefficient (Wildman–Crippen LogP) is 2.21. The molecule has 0 atom stereocenters. The van der Waals surface area contributed by atoms with Crippen LogP contribution in [0.25, 0.3) is 0 Å². The van der Waals surface area contributed by atoms with Gasteiger partial charge in [0.15, 0.2) is 0 Å². The fourth-order valence-corrected chi connectivity index (χ4v) is 3.62. The van der Waals surface area contributed by atoms with Gasteiger partial charge in [0.25, 0.3) is 10.0 Å². The Morgan fingerprint density at radius 2 is 2.00 bits per heavy atom. The summed E-state index contributed by atoms with van der Waals surface area (Å²) < 4.78 is 26.7. The van der Waals surface area contributed by atoms with E-state index in [0.717, 1.165) is 11.4 Å². The number of aryl methyl sites for hydroxylation is 2. The molecule has 0 fully saturated rings. The molecular weight excluding hydrogens is 270 g/mol. The molecule has 0 saturated heterocycles. The molecule has 0 radical (unpaired) electrons. The molecule has 96 valence electrons. The Hall–Kier alpha value is -1.47. The van der Waals surface area contributed by atoms with Crippen molar-refractivity contribution in [3.8, 4) is 0 Å². The van der Waals surface area contributed by atoms with Crippen LogP contribution in [-0.4, -0.2) is 18.6 Å². The molecule has 0 bridgehead atoms. The van der Waals surface area contributed by atoms with Gasteiger partial charge in [-0.15, -0.1) is 10.2 Å². The van der Waals surface area contributed by atoms with E-state index in [0.29, 0.717) is 10.7 Å². The highest BCUT2D eigenvalue weighted by Crippen LogP contribution is 2.21. The minimum Gasteiger partial charge on any atom is -0.253 e. The van der Waals surface area contributed by atoms with E-state index in [1.807, 2.05) is 6.92 Å². The van der Waals surface area contributed by atoms with E-state index in [2.05, 4.69) is 14.9 Å². The van der Waals surface area contributed by atoms with Gasteiger partial charge in [-0.2, -0.15) is 0 Å². The second-order valence-electron chi connectivity index (χ2n) is 3.73. The Labute approximate surface area is 110 Å². The highest BCUT2D eigenvalue weighted by atomic mass is 32.2. The number of hydrogen-bond donors (Lipinski definition) is 1. The Morgan fingerprint density at radius 1 is 1.28 bits per heavy atom. The van der Waals surface area contributed by atoms with Crippen molar-refractivity contribution in [1.82, 2.24) is 10.2 Å². The number of hydrogen-bond acceptors (Lipinski definition) is 5. The van der Waals surface area contributed by atoms with Crippen molar-refractivity contribution in [2.24, 2.45) is 0 Å². The van der Waals surface area contributed by atoms with Crippen LogP contribution >= 0.6 is 11.3 Å². The normalized spacial score (nSPS) is 11.4. The second kappa shape index (κ2) is 5.03. The summed E-state index contributed by atoms with van der Waals surface area (Å²) in [6.07, 6.45) is 0.740. The maximum absolute atomic E-state index is 12.1. The van der Waals surface area contributed by atoms with Crippen LogP contribution in [0.1, 0.15) is 17.5 Å². The number of benzene rings is 1. The predicted molar refractivity (Wildman–Crippen MR) is 71.3 cm³/mol. The Morgan fingerprint density at radius 3 is 2.61 bits per heavy atom. The van der Waals surface area contributed by atoms with Gasteiger partial charge in [0.2, 0.25) is 5.13 Å².